The van der Waals surface area contributed by atoms with Crippen LogP contribution in [0.15, 0.2) is 114 Å². The molecule has 0 aromatic heterocycles. The minimum absolute atomic E-state index is 0.250. The van der Waals surface area contributed by atoms with Gasteiger partial charge in [-0.2, -0.15) is 0 Å². The van der Waals surface area contributed by atoms with Crippen molar-refractivity contribution >= 4 is 0 Å². The third kappa shape index (κ3) is 2.36. The van der Waals surface area contributed by atoms with E-state index in [1.165, 1.54) is 39.0 Å². The van der Waals surface area contributed by atoms with Crippen LogP contribution in [0.4, 0.5) is 0 Å². The van der Waals surface area contributed by atoms with E-state index in [0.29, 0.717) is 5.92 Å². The van der Waals surface area contributed by atoms with Gasteiger partial charge in [-0.05, 0) is 59.8 Å². The van der Waals surface area contributed by atoms with E-state index in [1.807, 2.05) is 19.1 Å². The fourth-order valence-electron chi connectivity index (χ4n) is 5.00. The Bertz CT molecular complexity index is 1000. The summed E-state index contributed by atoms with van der Waals surface area (Å²) in [7, 11) is 0. The molecule has 3 aliphatic carbocycles. The van der Waals surface area contributed by atoms with E-state index in [0.717, 1.165) is 6.42 Å². The second kappa shape index (κ2) is 6.70. The maximum Gasteiger partial charge on any atom is 0.0679 e. The van der Waals surface area contributed by atoms with Crippen LogP contribution in [0.25, 0.3) is 0 Å². The zero-order chi connectivity index (χ0) is 19.0. The molecule has 3 aliphatic rings. The summed E-state index contributed by atoms with van der Waals surface area (Å²) in [5, 5.41) is 0. The largest absolute Gasteiger partial charge is 0.0987 e. The molecule has 0 fully saturated rings. The SMILES string of the molecule is C=CC1=C(C=C)C2(C(/C=C\C=C/C)=C1)C1=CC=CCC1c1ccc(C)cc12. The lowest BCUT2D eigenvalue weighted by molar-refractivity contribution is 0.700. The van der Waals surface area contributed by atoms with Crippen LogP contribution in [0.1, 0.15) is 36.0 Å². The van der Waals surface area contributed by atoms with Crippen molar-refractivity contribution in [2.45, 2.75) is 31.6 Å². The summed E-state index contributed by atoms with van der Waals surface area (Å²) in [6.07, 6.45) is 22.7. The van der Waals surface area contributed by atoms with Crippen LogP contribution in [-0.2, 0) is 5.41 Å². The highest BCUT2D eigenvalue weighted by molar-refractivity contribution is 5.77. The Morgan fingerprint density at radius 2 is 2.00 bits per heavy atom. The molecule has 1 aromatic rings. The molecule has 0 aliphatic heterocycles. The lowest BCUT2D eigenvalue weighted by Gasteiger charge is -2.34. The average Bonchev–Trinajstić information content (AvgIpc) is 3.16. The van der Waals surface area contributed by atoms with Gasteiger partial charge in [-0.15, -0.1) is 0 Å². The Morgan fingerprint density at radius 3 is 2.74 bits per heavy atom. The molecule has 0 heterocycles. The van der Waals surface area contributed by atoms with Crippen LogP contribution in [-0.4, -0.2) is 0 Å². The summed E-state index contributed by atoms with van der Waals surface area (Å²) in [5.41, 5.74) is 9.11. The van der Waals surface area contributed by atoms with Crippen molar-refractivity contribution < 1.29 is 0 Å². The predicted octanol–water partition coefficient (Wildman–Crippen LogP) is 6.96. The molecule has 1 aromatic carbocycles. The second-order valence-electron chi connectivity index (χ2n) is 7.44. The summed E-state index contributed by atoms with van der Waals surface area (Å²) in [6, 6.07) is 6.95. The van der Waals surface area contributed by atoms with E-state index >= 15 is 0 Å². The lowest BCUT2D eigenvalue weighted by atomic mass is 9.67. The van der Waals surface area contributed by atoms with Crippen molar-refractivity contribution in [3.63, 3.8) is 0 Å². The summed E-state index contributed by atoms with van der Waals surface area (Å²) < 4.78 is 0. The number of fused-ring (bicyclic) bond motifs is 5. The van der Waals surface area contributed by atoms with Gasteiger partial charge >= 0.3 is 0 Å². The first kappa shape index (κ1) is 17.5. The number of allylic oxidation sites excluding steroid dienone is 14. The van der Waals surface area contributed by atoms with Crippen LogP contribution in [0, 0.1) is 6.92 Å². The minimum Gasteiger partial charge on any atom is -0.0987 e. The quantitative estimate of drug-likeness (QED) is 0.515. The van der Waals surface area contributed by atoms with Crippen molar-refractivity contribution in [1.82, 2.24) is 0 Å². The van der Waals surface area contributed by atoms with Crippen LogP contribution in [0.2, 0.25) is 0 Å². The monoisotopic (exact) mass is 350 g/mol. The summed E-state index contributed by atoms with van der Waals surface area (Å²) in [4.78, 5) is 0. The summed E-state index contributed by atoms with van der Waals surface area (Å²) in [6.45, 7) is 12.5. The zero-order valence-electron chi connectivity index (χ0n) is 16.2. The molecule has 0 bridgehead atoms. The Hall–Kier alpha value is -2.86. The van der Waals surface area contributed by atoms with E-state index in [9.17, 15) is 0 Å². The van der Waals surface area contributed by atoms with Crippen molar-refractivity contribution in [3.8, 4) is 0 Å². The standard InChI is InChI=1S/C27H26/c1-5-8-9-12-21-18-20(6-2)24(7-3)27(21)25-14-11-10-13-22(25)23-16-15-19(4)17-26(23)27/h5-12,14-18,22H,2-3,13H2,1,4H3/b8-5-,12-9-. The number of aryl methyl sites for hydroxylation is 1. The van der Waals surface area contributed by atoms with Crippen molar-refractivity contribution in [2.75, 3.05) is 0 Å². The molecule has 0 saturated carbocycles. The van der Waals surface area contributed by atoms with E-state index in [-0.39, 0.29) is 5.41 Å². The lowest BCUT2D eigenvalue weighted by Crippen LogP contribution is -2.28. The summed E-state index contributed by atoms with van der Waals surface area (Å²) in [5.74, 6) is 0.434. The maximum atomic E-state index is 4.20. The van der Waals surface area contributed by atoms with Crippen molar-refractivity contribution in [1.29, 1.82) is 0 Å². The molecular formula is C27H26. The van der Waals surface area contributed by atoms with Gasteiger partial charge in [0.25, 0.3) is 0 Å². The normalized spacial score (nSPS) is 25.9. The molecule has 27 heavy (non-hydrogen) atoms. The van der Waals surface area contributed by atoms with Crippen LogP contribution in [0.5, 0.6) is 0 Å². The highest BCUT2D eigenvalue weighted by atomic mass is 14.5. The Kier molecular flexibility index (Phi) is 4.36. The van der Waals surface area contributed by atoms with E-state index in [2.05, 4.69) is 86.9 Å². The number of rotatable bonds is 4. The van der Waals surface area contributed by atoms with Gasteiger partial charge in [0.05, 0.1) is 5.41 Å². The third-order valence-electron chi connectivity index (χ3n) is 6.04. The first-order chi connectivity index (χ1) is 13.2. The smallest absolute Gasteiger partial charge is 0.0679 e. The Morgan fingerprint density at radius 1 is 1.15 bits per heavy atom. The van der Waals surface area contributed by atoms with E-state index < -0.39 is 0 Å². The maximum absolute atomic E-state index is 4.20. The van der Waals surface area contributed by atoms with Crippen LogP contribution < -0.4 is 0 Å². The molecule has 134 valence electrons. The number of hydrogen-bond donors (Lipinski definition) is 0. The molecule has 2 unspecified atom stereocenters. The van der Waals surface area contributed by atoms with Gasteiger partial charge in [-0.1, -0.05) is 91.6 Å². The van der Waals surface area contributed by atoms with Gasteiger partial charge in [0.2, 0.25) is 0 Å². The van der Waals surface area contributed by atoms with Gasteiger partial charge in [0, 0.05) is 5.92 Å². The van der Waals surface area contributed by atoms with Crippen LogP contribution >= 0.6 is 0 Å². The first-order valence-corrected chi connectivity index (χ1v) is 9.67. The first-order valence-electron chi connectivity index (χ1n) is 9.67. The molecule has 0 saturated heterocycles. The van der Waals surface area contributed by atoms with Gasteiger partial charge in [-0.3, -0.25) is 0 Å². The molecule has 0 N–H and O–H groups in total. The number of hydrogen-bond acceptors (Lipinski definition) is 0. The Balaban J connectivity index is 2.09. The highest BCUT2D eigenvalue weighted by Gasteiger charge is 2.53. The fourth-order valence-corrected chi connectivity index (χ4v) is 5.00. The highest BCUT2D eigenvalue weighted by Crippen LogP contribution is 2.63. The van der Waals surface area contributed by atoms with Gasteiger partial charge in [0.1, 0.15) is 0 Å². The number of benzene rings is 1. The average molecular weight is 351 g/mol. The topological polar surface area (TPSA) is 0 Å². The van der Waals surface area contributed by atoms with E-state index in [1.54, 1.807) is 0 Å². The Labute approximate surface area is 163 Å². The molecule has 2 atom stereocenters. The molecule has 0 radical (unpaired) electrons. The molecule has 4 rings (SSSR count). The van der Waals surface area contributed by atoms with Gasteiger partial charge in [-0.25, -0.2) is 0 Å². The second-order valence-corrected chi connectivity index (χ2v) is 7.44. The fraction of sp³-hybridized carbons (Fsp3) is 0.185. The predicted molar refractivity (Wildman–Crippen MR) is 117 cm³/mol. The third-order valence-corrected chi connectivity index (χ3v) is 6.04. The summed E-state index contributed by atoms with van der Waals surface area (Å²) >= 11 is 0. The molecule has 1 spiro atoms. The van der Waals surface area contributed by atoms with Crippen molar-refractivity contribution in [3.05, 3.63) is 131 Å². The minimum atomic E-state index is -0.250. The zero-order valence-corrected chi connectivity index (χ0v) is 16.2. The molecular weight excluding hydrogens is 324 g/mol. The van der Waals surface area contributed by atoms with Crippen molar-refractivity contribution in [2.24, 2.45) is 0 Å². The van der Waals surface area contributed by atoms with Crippen LogP contribution in [0.3, 0.4) is 0 Å². The van der Waals surface area contributed by atoms with Gasteiger partial charge in [0.15, 0.2) is 0 Å². The molecule has 0 amide bonds. The molecule has 0 nitrogen and oxygen atoms in total. The van der Waals surface area contributed by atoms with E-state index in [4.69, 9.17) is 0 Å². The molecule has 0 heteroatoms. The van der Waals surface area contributed by atoms with Gasteiger partial charge < -0.3 is 0 Å².